The first-order chi connectivity index (χ1) is 9.20. The van der Waals surface area contributed by atoms with Crippen LogP contribution in [-0.2, 0) is 6.61 Å². The summed E-state index contributed by atoms with van der Waals surface area (Å²) in [5.41, 5.74) is 2.08. The highest BCUT2D eigenvalue weighted by atomic mass is 35.5. The van der Waals surface area contributed by atoms with Gasteiger partial charge in [0.25, 0.3) is 0 Å². The number of halogens is 1. The minimum absolute atomic E-state index is 0.438. The zero-order chi connectivity index (χ0) is 13.7. The van der Waals surface area contributed by atoms with Gasteiger partial charge in [0.15, 0.2) is 0 Å². The molecule has 1 aromatic heterocycles. The van der Waals surface area contributed by atoms with E-state index in [1.807, 2.05) is 24.3 Å². The van der Waals surface area contributed by atoms with Gasteiger partial charge >= 0.3 is 0 Å². The molecule has 0 saturated heterocycles. The van der Waals surface area contributed by atoms with Crippen LogP contribution < -0.4 is 4.74 Å². The van der Waals surface area contributed by atoms with Crippen LogP contribution in [0.4, 0.5) is 0 Å². The van der Waals surface area contributed by atoms with Gasteiger partial charge in [-0.2, -0.15) is 0 Å². The van der Waals surface area contributed by atoms with Gasteiger partial charge in [-0.3, -0.25) is 4.98 Å². The second kappa shape index (κ2) is 6.58. The average Bonchev–Trinajstić information content (AvgIpc) is 2.45. The summed E-state index contributed by atoms with van der Waals surface area (Å²) in [5, 5.41) is 0.684. The van der Waals surface area contributed by atoms with E-state index in [0.29, 0.717) is 17.5 Å². The summed E-state index contributed by atoms with van der Waals surface area (Å²) in [4.78, 5) is 4.24. The smallest absolute Gasteiger partial charge is 0.130 e. The number of hydrogen-bond donors (Lipinski definition) is 0. The van der Waals surface area contributed by atoms with Crippen molar-refractivity contribution in [2.75, 3.05) is 0 Å². The Balaban J connectivity index is 2.11. The number of nitrogens with zero attached hydrogens (tertiary/aromatic N) is 1. The number of benzene rings is 1. The molecule has 0 aliphatic carbocycles. The van der Waals surface area contributed by atoms with Gasteiger partial charge < -0.3 is 4.74 Å². The molecule has 0 aliphatic heterocycles. The largest absolute Gasteiger partial charge is 0.487 e. The Labute approximate surface area is 119 Å². The van der Waals surface area contributed by atoms with E-state index < -0.39 is 0 Å². The van der Waals surface area contributed by atoms with Crippen LogP contribution in [0.3, 0.4) is 0 Å². The number of rotatable bonds is 5. The van der Waals surface area contributed by atoms with Crippen molar-refractivity contribution in [1.82, 2.24) is 4.98 Å². The average molecular weight is 276 g/mol. The van der Waals surface area contributed by atoms with E-state index in [1.165, 1.54) is 5.56 Å². The minimum atomic E-state index is 0.438. The van der Waals surface area contributed by atoms with Crippen molar-refractivity contribution in [3.8, 4) is 5.75 Å². The van der Waals surface area contributed by atoms with Gasteiger partial charge in [-0.05, 0) is 36.1 Å². The van der Waals surface area contributed by atoms with E-state index in [9.17, 15) is 0 Å². The number of para-hydroxylation sites is 1. The van der Waals surface area contributed by atoms with Crippen LogP contribution in [-0.4, -0.2) is 4.98 Å². The molecule has 2 rings (SSSR count). The lowest BCUT2D eigenvalue weighted by molar-refractivity contribution is 0.296. The van der Waals surface area contributed by atoms with Crippen LogP contribution >= 0.6 is 11.6 Å². The molecule has 1 unspecified atom stereocenters. The zero-order valence-electron chi connectivity index (χ0n) is 11.3. The molecule has 1 aromatic carbocycles. The lowest BCUT2D eigenvalue weighted by atomic mass is 9.98. The Kier molecular flexibility index (Phi) is 4.80. The number of aromatic nitrogens is 1. The molecule has 0 amide bonds. The van der Waals surface area contributed by atoms with Gasteiger partial charge in [0.2, 0.25) is 0 Å². The van der Waals surface area contributed by atoms with Crippen molar-refractivity contribution < 1.29 is 4.74 Å². The molecule has 100 valence electrons. The van der Waals surface area contributed by atoms with Gasteiger partial charge in [0, 0.05) is 11.2 Å². The Bertz CT molecular complexity index is 542. The molecule has 19 heavy (non-hydrogen) atoms. The van der Waals surface area contributed by atoms with Crippen LogP contribution in [0.5, 0.6) is 5.75 Å². The Morgan fingerprint density at radius 3 is 2.79 bits per heavy atom. The third-order valence-corrected chi connectivity index (χ3v) is 3.45. The quantitative estimate of drug-likeness (QED) is 0.780. The lowest BCUT2D eigenvalue weighted by Crippen LogP contribution is -2.02. The van der Waals surface area contributed by atoms with Crippen molar-refractivity contribution >= 4 is 11.6 Å². The summed E-state index contributed by atoms with van der Waals surface area (Å²) in [6.45, 7) is 4.83. The Hall–Kier alpha value is -1.54. The molecular formula is C16H18ClNO. The molecule has 0 saturated carbocycles. The first-order valence-electron chi connectivity index (χ1n) is 6.53. The predicted octanol–water partition coefficient (Wildman–Crippen LogP) is 4.83. The summed E-state index contributed by atoms with van der Waals surface area (Å²) >= 11 is 5.94. The number of hydrogen-bond acceptors (Lipinski definition) is 2. The van der Waals surface area contributed by atoms with Crippen molar-refractivity contribution in [1.29, 1.82) is 0 Å². The summed E-state index contributed by atoms with van der Waals surface area (Å²) in [7, 11) is 0. The monoisotopic (exact) mass is 275 g/mol. The van der Waals surface area contributed by atoms with Gasteiger partial charge in [-0.15, -0.1) is 0 Å². The summed E-state index contributed by atoms with van der Waals surface area (Å²) in [6, 6.07) is 11.8. The molecule has 2 aromatic rings. The topological polar surface area (TPSA) is 22.1 Å². The molecule has 3 heteroatoms. The molecule has 0 radical (unpaired) electrons. The standard InChI is InChI=1S/C16H18ClNO/c1-3-12(2)15-6-4-5-7-16(15)19-11-14-10-13(17)8-9-18-14/h4-10,12H,3,11H2,1-2H3. The van der Waals surface area contributed by atoms with E-state index in [2.05, 4.69) is 24.9 Å². The minimum Gasteiger partial charge on any atom is -0.487 e. The lowest BCUT2D eigenvalue weighted by Gasteiger charge is -2.15. The molecule has 0 fully saturated rings. The highest BCUT2D eigenvalue weighted by Crippen LogP contribution is 2.28. The van der Waals surface area contributed by atoms with Crippen molar-refractivity contribution in [3.63, 3.8) is 0 Å². The molecule has 1 atom stereocenters. The van der Waals surface area contributed by atoms with Crippen LogP contribution in [0.1, 0.15) is 37.4 Å². The molecule has 0 N–H and O–H groups in total. The van der Waals surface area contributed by atoms with E-state index in [-0.39, 0.29) is 0 Å². The van der Waals surface area contributed by atoms with E-state index in [0.717, 1.165) is 17.9 Å². The van der Waals surface area contributed by atoms with E-state index in [4.69, 9.17) is 16.3 Å². The maximum Gasteiger partial charge on any atom is 0.130 e. The highest BCUT2D eigenvalue weighted by Gasteiger charge is 2.09. The second-order valence-electron chi connectivity index (χ2n) is 4.60. The normalized spacial score (nSPS) is 12.2. The number of ether oxygens (including phenoxy) is 1. The van der Waals surface area contributed by atoms with Gasteiger partial charge in [-0.25, -0.2) is 0 Å². The van der Waals surface area contributed by atoms with Gasteiger partial charge in [0.05, 0.1) is 5.69 Å². The van der Waals surface area contributed by atoms with Crippen molar-refractivity contribution in [2.45, 2.75) is 32.8 Å². The predicted molar refractivity (Wildman–Crippen MR) is 78.7 cm³/mol. The zero-order valence-corrected chi connectivity index (χ0v) is 12.0. The third kappa shape index (κ3) is 3.71. The van der Waals surface area contributed by atoms with Crippen molar-refractivity contribution in [2.24, 2.45) is 0 Å². The molecule has 1 heterocycles. The van der Waals surface area contributed by atoms with E-state index >= 15 is 0 Å². The van der Waals surface area contributed by atoms with Gasteiger partial charge in [-0.1, -0.05) is 43.6 Å². The maximum absolute atomic E-state index is 5.94. The van der Waals surface area contributed by atoms with Crippen LogP contribution in [0.15, 0.2) is 42.6 Å². The summed E-state index contributed by atoms with van der Waals surface area (Å²) < 4.78 is 5.88. The number of pyridine rings is 1. The Morgan fingerprint density at radius 1 is 1.26 bits per heavy atom. The third-order valence-electron chi connectivity index (χ3n) is 3.22. The summed E-state index contributed by atoms with van der Waals surface area (Å²) in [5.74, 6) is 1.42. The molecule has 0 aliphatic rings. The molecule has 0 bridgehead atoms. The fourth-order valence-electron chi connectivity index (χ4n) is 1.92. The summed E-state index contributed by atoms with van der Waals surface area (Å²) in [6.07, 6.45) is 2.79. The fraction of sp³-hybridized carbons (Fsp3) is 0.312. The molecule has 0 spiro atoms. The molecule has 2 nitrogen and oxygen atoms in total. The van der Waals surface area contributed by atoms with E-state index in [1.54, 1.807) is 12.3 Å². The fourth-order valence-corrected chi connectivity index (χ4v) is 2.10. The van der Waals surface area contributed by atoms with Crippen LogP contribution in [0, 0.1) is 0 Å². The van der Waals surface area contributed by atoms with Crippen LogP contribution in [0.25, 0.3) is 0 Å². The first kappa shape index (κ1) is 13.9. The first-order valence-corrected chi connectivity index (χ1v) is 6.90. The maximum atomic E-state index is 5.94. The Morgan fingerprint density at radius 2 is 2.05 bits per heavy atom. The van der Waals surface area contributed by atoms with Crippen molar-refractivity contribution in [3.05, 3.63) is 58.9 Å². The highest BCUT2D eigenvalue weighted by molar-refractivity contribution is 6.30. The van der Waals surface area contributed by atoms with Crippen LogP contribution in [0.2, 0.25) is 5.02 Å². The molecular weight excluding hydrogens is 258 g/mol. The van der Waals surface area contributed by atoms with Gasteiger partial charge in [0.1, 0.15) is 12.4 Å². The SMILES string of the molecule is CCC(C)c1ccccc1OCc1cc(Cl)ccn1. The second-order valence-corrected chi connectivity index (χ2v) is 5.04.